The molecule has 49 heavy (non-hydrogen) atoms. The SMILES string of the molecule is COc1ccc(N(C(=O)Oc2cc(C(=O)Nc3ccc(CN4CCN(C)CC4)c(C(F)(F)F)c3)ccc2C)c2ccnc(N)n2)c(OC)c1. The Morgan fingerprint density at radius 1 is 0.959 bits per heavy atom. The first-order valence-corrected chi connectivity index (χ1v) is 15.2. The van der Waals surface area contributed by atoms with Crippen molar-refractivity contribution in [2.24, 2.45) is 0 Å². The number of nitrogens with one attached hydrogen (secondary N) is 1. The number of nitrogens with two attached hydrogens (primary N) is 1. The molecule has 258 valence electrons. The van der Waals surface area contributed by atoms with Gasteiger partial charge in [0, 0.05) is 62.3 Å². The fourth-order valence-electron chi connectivity index (χ4n) is 5.27. The molecule has 5 rings (SSSR count). The van der Waals surface area contributed by atoms with Gasteiger partial charge in [0.05, 0.1) is 25.5 Å². The van der Waals surface area contributed by atoms with Crippen molar-refractivity contribution in [1.29, 1.82) is 0 Å². The molecule has 0 unspecified atom stereocenters. The van der Waals surface area contributed by atoms with Crippen molar-refractivity contribution in [2.45, 2.75) is 19.6 Å². The minimum Gasteiger partial charge on any atom is -0.497 e. The average molecular weight is 680 g/mol. The smallest absolute Gasteiger partial charge is 0.425 e. The van der Waals surface area contributed by atoms with Gasteiger partial charge in [-0.1, -0.05) is 12.1 Å². The Hall–Kier alpha value is -5.41. The average Bonchev–Trinajstić information content (AvgIpc) is 3.07. The quantitative estimate of drug-likeness (QED) is 0.226. The summed E-state index contributed by atoms with van der Waals surface area (Å²) in [4.78, 5) is 40.4. The Morgan fingerprint density at radius 2 is 1.71 bits per heavy atom. The maximum atomic E-state index is 14.1. The molecule has 1 aliphatic rings. The van der Waals surface area contributed by atoms with E-state index in [0.717, 1.165) is 24.1 Å². The summed E-state index contributed by atoms with van der Waals surface area (Å²) in [7, 11) is 4.88. The summed E-state index contributed by atoms with van der Waals surface area (Å²) < 4.78 is 58.9. The number of carbonyl (C=O) groups excluding carboxylic acids is 2. The number of carbonyl (C=O) groups is 2. The van der Waals surface area contributed by atoms with Gasteiger partial charge in [-0.15, -0.1) is 0 Å². The zero-order valence-electron chi connectivity index (χ0n) is 27.4. The number of nitrogen functional groups attached to an aromatic ring is 1. The monoisotopic (exact) mass is 679 g/mol. The lowest BCUT2D eigenvalue weighted by molar-refractivity contribution is -0.138. The van der Waals surface area contributed by atoms with Crippen LogP contribution in [0.25, 0.3) is 0 Å². The van der Waals surface area contributed by atoms with Crippen molar-refractivity contribution in [3.63, 3.8) is 0 Å². The number of benzene rings is 3. The van der Waals surface area contributed by atoms with E-state index in [1.54, 1.807) is 31.2 Å². The van der Waals surface area contributed by atoms with E-state index in [2.05, 4.69) is 20.2 Å². The third-order valence-corrected chi connectivity index (χ3v) is 8.01. The Labute approximate surface area is 281 Å². The lowest BCUT2D eigenvalue weighted by Crippen LogP contribution is -2.44. The number of likely N-dealkylation sites (N-methyl/N-ethyl adjacent to an activating group) is 1. The molecule has 3 aromatic carbocycles. The molecule has 1 aliphatic heterocycles. The summed E-state index contributed by atoms with van der Waals surface area (Å²) in [5, 5.41) is 2.54. The summed E-state index contributed by atoms with van der Waals surface area (Å²) in [6.07, 6.45) is -4.18. The first kappa shape index (κ1) is 34.9. The number of aromatic nitrogens is 2. The first-order chi connectivity index (χ1) is 23.4. The second-order valence-corrected chi connectivity index (χ2v) is 11.4. The van der Waals surface area contributed by atoms with Crippen LogP contribution in [0.2, 0.25) is 0 Å². The Balaban J connectivity index is 1.39. The van der Waals surface area contributed by atoms with Crippen molar-refractivity contribution in [3.8, 4) is 17.2 Å². The maximum Gasteiger partial charge on any atom is 0.425 e. The molecular formula is C34H36F3N7O5. The van der Waals surface area contributed by atoms with Gasteiger partial charge >= 0.3 is 12.3 Å². The molecule has 0 bridgehead atoms. The molecule has 15 heteroatoms. The standard InChI is InChI=1S/C34H36F3N7O5/c1-21-5-6-22(31(45)40-24-8-7-23(26(18-24)34(35,36)37)20-43-15-13-42(2)14-16-43)17-28(21)49-33(46)44(30-11-12-39-32(38)41-30)27-10-9-25(47-3)19-29(27)48-4/h5-12,17-19H,13-16,20H2,1-4H3,(H,40,45)(H2,38,39,41). The van der Waals surface area contributed by atoms with Crippen molar-refractivity contribution < 1.29 is 37.0 Å². The van der Waals surface area contributed by atoms with Crippen LogP contribution in [0.15, 0.2) is 66.9 Å². The predicted octanol–water partition coefficient (Wildman–Crippen LogP) is 5.74. The molecule has 4 aromatic rings. The Morgan fingerprint density at radius 3 is 2.39 bits per heavy atom. The number of hydrogen-bond acceptors (Lipinski definition) is 10. The van der Waals surface area contributed by atoms with Gasteiger partial charge in [-0.05, 0) is 61.5 Å². The number of amides is 2. The lowest BCUT2D eigenvalue weighted by Gasteiger charge is -2.33. The van der Waals surface area contributed by atoms with Crippen LogP contribution in [0.3, 0.4) is 0 Å². The molecule has 12 nitrogen and oxygen atoms in total. The van der Waals surface area contributed by atoms with Gasteiger partial charge in [0.1, 0.15) is 23.1 Å². The first-order valence-electron chi connectivity index (χ1n) is 15.2. The molecule has 0 atom stereocenters. The Bertz CT molecular complexity index is 1830. The molecule has 1 fully saturated rings. The number of methoxy groups -OCH3 is 2. The number of anilines is 4. The van der Waals surface area contributed by atoms with E-state index in [4.69, 9.17) is 19.9 Å². The summed E-state index contributed by atoms with van der Waals surface area (Å²) >= 11 is 0. The highest BCUT2D eigenvalue weighted by atomic mass is 19.4. The fraction of sp³-hybridized carbons (Fsp3) is 0.294. The molecule has 1 aromatic heterocycles. The number of aryl methyl sites for hydroxylation is 1. The number of ether oxygens (including phenoxy) is 3. The van der Waals surface area contributed by atoms with Crippen LogP contribution in [0.4, 0.5) is 41.1 Å². The molecule has 0 spiro atoms. The summed E-state index contributed by atoms with van der Waals surface area (Å²) in [5.74, 6) is 0.0247. The highest BCUT2D eigenvalue weighted by Gasteiger charge is 2.34. The highest BCUT2D eigenvalue weighted by Crippen LogP contribution is 2.38. The van der Waals surface area contributed by atoms with Crippen molar-refractivity contribution in [1.82, 2.24) is 19.8 Å². The third kappa shape index (κ3) is 8.36. The normalized spacial score (nSPS) is 13.9. The minimum absolute atomic E-state index is 0.0238. The number of halogens is 3. The summed E-state index contributed by atoms with van der Waals surface area (Å²) in [6, 6.07) is 14.3. The van der Waals surface area contributed by atoms with Crippen LogP contribution in [0.1, 0.15) is 27.0 Å². The zero-order valence-corrected chi connectivity index (χ0v) is 27.4. The van der Waals surface area contributed by atoms with Gasteiger partial charge in [-0.2, -0.15) is 18.2 Å². The van der Waals surface area contributed by atoms with Gasteiger partial charge in [-0.25, -0.2) is 14.7 Å². The number of alkyl halides is 3. The van der Waals surface area contributed by atoms with Crippen LogP contribution in [-0.2, 0) is 12.7 Å². The molecule has 0 radical (unpaired) electrons. The van der Waals surface area contributed by atoms with Crippen LogP contribution in [0, 0.1) is 6.92 Å². The van der Waals surface area contributed by atoms with E-state index < -0.39 is 23.7 Å². The van der Waals surface area contributed by atoms with Crippen LogP contribution < -0.4 is 30.2 Å². The molecular weight excluding hydrogens is 643 g/mol. The second-order valence-electron chi connectivity index (χ2n) is 11.4. The van der Waals surface area contributed by atoms with Crippen molar-refractivity contribution >= 4 is 35.1 Å². The number of rotatable bonds is 9. The van der Waals surface area contributed by atoms with E-state index in [9.17, 15) is 22.8 Å². The number of nitrogens with zero attached hydrogens (tertiary/aromatic N) is 5. The highest BCUT2D eigenvalue weighted by molar-refractivity contribution is 6.05. The largest absolute Gasteiger partial charge is 0.497 e. The van der Waals surface area contributed by atoms with Gasteiger partial charge in [0.2, 0.25) is 5.95 Å². The topological polar surface area (TPSA) is 135 Å². The fourth-order valence-corrected chi connectivity index (χ4v) is 5.27. The molecule has 3 N–H and O–H groups in total. The minimum atomic E-state index is -4.62. The zero-order chi connectivity index (χ0) is 35.3. The number of hydrogen-bond donors (Lipinski definition) is 2. The molecule has 0 aliphatic carbocycles. The molecule has 1 saturated heterocycles. The number of piperazine rings is 1. The molecule has 2 heterocycles. The van der Waals surface area contributed by atoms with E-state index in [1.165, 1.54) is 50.7 Å². The third-order valence-electron chi connectivity index (χ3n) is 8.01. The summed E-state index contributed by atoms with van der Waals surface area (Å²) in [6.45, 7) is 4.67. The van der Waals surface area contributed by atoms with Crippen molar-refractivity contribution in [2.75, 3.05) is 63.4 Å². The lowest BCUT2D eigenvalue weighted by atomic mass is 10.0. The van der Waals surface area contributed by atoms with Gasteiger partial charge in [-0.3, -0.25) is 9.69 Å². The maximum absolute atomic E-state index is 14.1. The molecule has 2 amide bonds. The van der Waals surface area contributed by atoms with Gasteiger partial charge in [0.25, 0.3) is 5.91 Å². The van der Waals surface area contributed by atoms with Crippen molar-refractivity contribution in [3.05, 3.63) is 89.1 Å². The predicted molar refractivity (Wildman–Crippen MR) is 178 cm³/mol. The van der Waals surface area contributed by atoms with Gasteiger partial charge in [0.15, 0.2) is 0 Å². The van der Waals surface area contributed by atoms with E-state index in [1.807, 2.05) is 11.9 Å². The van der Waals surface area contributed by atoms with E-state index in [0.29, 0.717) is 24.4 Å². The van der Waals surface area contributed by atoms with E-state index in [-0.39, 0.29) is 52.3 Å². The van der Waals surface area contributed by atoms with Crippen LogP contribution in [0.5, 0.6) is 17.2 Å². The summed E-state index contributed by atoms with van der Waals surface area (Å²) in [5.41, 5.74) is 5.88. The second kappa shape index (κ2) is 14.8. The Kier molecular flexibility index (Phi) is 10.5. The van der Waals surface area contributed by atoms with E-state index >= 15 is 0 Å². The van der Waals surface area contributed by atoms with Gasteiger partial charge < -0.3 is 30.2 Å². The molecule has 0 saturated carbocycles. The van der Waals surface area contributed by atoms with Crippen LogP contribution in [-0.4, -0.2) is 79.2 Å². The van der Waals surface area contributed by atoms with Crippen LogP contribution >= 0.6 is 0 Å².